The monoisotopic (exact) mass is 265 g/mol. The Bertz CT molecular complexity index is 460. The normalized spacial score (nSPS) is 20.6. The first-order valence-electron chi connectivity index (χ1n) is 6.31. The molecule has 104 valence electrons. The van der Waals surface area contributed by atoms with E-state index in [1.807, 2.05) is 27.7 Å². The fourth-order valence-corrected chi connectivity index (χ4v) is 1.89. The molecule has 0 saturated carbocycles. The van der Waals surface area contributed by atoms with Crippen LogP contribution in [0.3, 0.4) is 0 Å². The Morgan fingerprint density at radius 2 is 1.79 bits per heavy atom. The third-order valence-electron chi connectivity index (χ3n) is 3.80. The molecule has 0 radical (unpaired) electrons. The van der Waals surface area contributed by atoms with Gasteiger partial charge in [0.15, 0.2) is 0 Å². The van der Waals surface area contributed by atoms with Crippen molar-refractivity contribution in [2.45, 2.75) is 45.5 Å². The lowest BCUT2D eigenvalue weighted by Crippen LogP contribution is -2.41. The lowest BCUT2D eigenvalue weighted by Gasteiger charge is -2.32. The topological polar surface area (TPSA) is 60.8 Å². The highest BCUT2D eigenvalue weighted by Gasteiger charge is 2.53. The first-order valence-corrected chi connectivity index (χ1v) is 6.31. The molecular formula is C13H20BNO4. The van der Waals surface area contributed by atoms with Gasteiger partial charge >= 0.3 is 7.12 Å². The third-order valence-corrected chi connectivity index (χ3v) is 3.80. The predicted molar refractivity (Wildman–Crippen MR) is 72.4 cm³/mol. The average molecular weight is 265 g/mol. The summed E-state index contributed by atoms with van der Waals surface area (Å²) >= 11 is 0. The van der Waals surface area contributed by atoms with Crippen LogP contribution in [0.1, 0.15) is 33.4 Å². The van der Waals surface area contributed by atoms with E-state index >= 15 is 0 Å². The third kappa shape index (κ3) is 2.48. The van der Waals surface area contributed by atoms with E-state index in [1.54, 1.807) is 19.2 Å². The minimum absolute atomic E-state index is 0.128. The SMILES string of the molecule is COc1ccc(CO)nc1B1OC(C)(C)C(C)(C)O1. The Morgan fingerprint density at radius 1 is 1.21 bits per heavy atom. The number of hydrogen-bond acceptors (Lipinski definition) is 5. The molecule has 5 nitrogen and oxygen atoms in total. The predicted octanol–water partition coefficient (Wildman–Crippen LogP) is 0.882. The highest BCUT2D eigenvalue weighted by molar-refractivity contribution is 6.62. The fourth-order valence-electron chi connectivity index (χ4n) is 1.89. The number of ether oxygens (including phenoxy) is 1. The van der Waals surface area contributed by atoms with Gasteiger partial charge in [0.2, 0.25) is 0 Å². The van der Waals surface area contributed by atoms with E-state index in [4.69, 9.17) is 14.0 Å². The zero-order valence-electron chi connectivity index (χ0n) is 12.1. The summed E-state index contributed by atoms with van der Waals surface area (Å²) < 4.78 is 17.2. The summed E-state index contributed by atoms with van der Waals surface area (Å²) in [5.74, 6) is 0.593. The Kier molecular flexibility index (Phi) is 3.60. The van der Waals surface area contributed by atoms with Crippen molar-refractivity contribution in [3.63, 3.8) is 0 Å². The summed E-state index contributed by atoms with van der Waals surface area (Å²) in [6, 6.07) is 3.48. The van der Waals surface area contributed by atoms with Crippen LogP contribution >= 0.6 is 0 Å². The molecule has 0 bridgehead atoms. The molecule has 19 heavy (non-hydrogen) atoms. The Labute approximate surface area is 114 Å². The minimum atomic E-state index is -0.591. The van der Waals surface area contributed by atoms with Gasteiger partial charge < -0.3 is 19.2 Å². The van der Waals surface area contributed by atoms with Gasteiger partial charge in [-0.25, -0.2) is 0 Å². The number of aliphatic hydroxyl groups is 1. The van der Waals surface area contributed by atoms with Gasteiger partial charge in [0.1, 0.15) is 11.3 Å². The van der Waals surface area contributed by atoms with Crippen LogP contribution in [0.2, 0.25) is 0 Å². The summed E-state index contributed by atoms with van der Waals surface area (Å²) in [5, 5.41) is 9.19. The van der Waals surface area contributed by atoms with Crippen molar-refractivity contribution in [3.05, 3.63) is 17.8 Å². The summed E-state index contributed by atoms with van der Waals surface area (Å²) in [7, 11) is 0.983. The van der Waals surface area contributed by atoms with Crippen LogP contribution in [0.15, 0.2) is 12.1 Å². The highest BCUT2D eigenvalue weighted by Crippen LogP contribution is 2.36. The summed E-state index contributed by atoms with van der Waals surface area (Å²) in [6.45, 7) is 7.80. The number of pyridine rings is 1. The van der Waals surface area contributed by atoms with E-state index in [9.17, 15) is 5.11 Å². The standard InChI is InChI=1S/C13H20BNO4/c1-12(2)13(3,4)19-14(18-12)11-10(17-5)7-6-9(8-16)15-11/h6-7,16H,8H2,1-5H3. The van der Waals surface area contributed by atoms with Gasteiger partial charge in [-0.1, -0.05) is 0 Å². The Balaban J connectivity index is 2.38. The van der Waals surface area contributed by atoms with Crippen molar-refractivity contribution in [1.82, 2.24) is 4.98 Å². The van der Waals surface area contributed by atoms with E-state index in [0.29, 0.717) is 17.0 Å². The molecule has 1 aliphatic rings. The molecule has 0 atom stereocenters. The van der Waals surface area contributed by atoms with Crippen molar-refractivity contribution in [3.8, 4) is 5.75 Å². The molecule has 0 spiro atoms. The van der Waals surface area contributed by atoms with Crippen molar-refractivity contribution in [2.75, 3.05) is 7.11 Å². The molecular weight excluding hydrogens is 245 g/mol. The number of nitrogens with zero attached hydrogens (tertiary/aromatic N) is 1. The smallest absolute Gasteiger partial charge is 0.496 e. The Hall–Kier alpha value is -1.11. The highest BCUT2D eigenvalue weighted by atomic mass is 16.7. The molecule has 2 heterocycles. The molecule has 1 N–H and O–H groups in total. The summed E-state index contributed by atoms with van der Waals surface area (Å²) in [4.78, 5) is 4.35. The molecule has 0 aliphatic carbocycles. The molecule has 1 fully saturated rings. The first-order chi connectivity index (χ1) is 8.80. The van der Waals surface area contributed by atoms with Crippen LogP contribution < -0.4 is 10.3 Å². The number of hydrogen-bond donors (Lipinski definition) is 1. The van der Waals surface area contributed by atoms with Crippen molar-refractivity contribution in [2.24, 2.45) is 0 Å². The maximum atomic E-state index is 9.19. The van der Waals surface area contributed by atoms with Crippen LogP contribution in [0, 0.1) is 0 Å². The second kappa shape index (κ2) is 4.78. The van der Waals surface area contributed by atoms with Gasteiger partial charge in [-0.15, -0.1) is 0 Å². The van der Waals surface area contributed by atoms with Crippen LogP contribution in [0.4, 0.5) is 0 Å². The number of rotatable bonds is 3. The van der Waals surface area contributed by atoms with Crippen LogP contribution in [0.5, 0.6) is 5.75 Å². The molecule has 1 saturated heterocycles. The zero-order valence-corrected chi connectivity index (χ0v) is 12.1. The van der Waals surface area contributed by atoms with Gasteiger partial charge in [-0.05, 0) is 39.8 Å². The number of methoxy groups -OCH3 is 1. The maximum Gasteiger partial charge on any atom is 0.518 e. The van der Waals surface area contributed by atoms with Gasteiger partial charge in [0.25, 0.3) is 0 Å². The fraction of sp³-hybridized carbons (Fsp3) is 0.615. The van der Waals surface area contributed by atoms with E-state index in [2.05, 4.69) is 4.98 Å². The van der Waals surface area contributed by atoms with E-state index < -0.39 is 18.3 Å². The maximum absolute atomic E-state index is 9.19. The van der Waals surface area contributed by atoms with E-state index in [1.165, 1.54) is 0 Å². The van der Waals surface area contributed by atoms with Crippen molar-refractivity contribution in [1.29, 1.82) is 0 Å². The molecule has 0 aromatic carbocycles. The first kappa shape index (κ1) is 14.3. The van der Waals surface area contributed by atoms with Crippen LogP contribution in [-0.2, 0) is 15.9 Å². The second-order valence-corrected chi connectivity index (χ2v) is 5.64. The van der Waals surface area contributed by atoms with Gasteiger partial charge in [-0.2, -0.15) is 0 Å². The molecule has 1 aromatic rings. The second-order valence-electron chi connectivity index (χ2n) is 5.64. The molecule has 0 amide bonds. The largest absolute Gasteiger partial charge is 0.518 e. The number of aromatic nitrogens is 1. The van der Waals surface area contributed by atoms with Gasteiger partial charge in [0, 0.05) is 0 Å². The van der Waals surface area contributed by atoms with Crippen LogP contribution in [0.25, 0.3) is 0 Å². The van der Waals surface area contributed by atoms with Gasteiger partial charge in [0.05, 0.1) is 30.6 Å². The minimum Gasteiger partial charge on any atom is -0.496 e. The van der Waals surface area contributed by atoms with Crippen molar-refractivity contribution < 1.29 is 19.2 Å². The zero-order chi connectivity index (χ0) is 14.3. The molecule has 1 aromatic heterocycles. The lowest BCUT2D eigenvalue weighted by atomic mass is 9.83. The van der Waals surface area contributed by atoms with Crippen LogP contribution in [-0.4, -0.2) is 35.5 Å². The Morgan fingerprint density at radius 3 is 2.26 bits per heavy atom. The molecule has 6 heteroatoms. The average Bonchev–Trinajstić information content (AvgIpc) is 2.57. The van der Waals surface area contributed by atoms with E-state index in [0.717, 1.165) is 0 Å². The lowest BCUT2D eigenvalue weighted by molar-refractivity contribution is 0.00578. The quantitative estimate of drug-likeness (QED) is 0.822. The van der Waals surface area contributed by atoms with Gasteiger partial charge in [-0.3, -0.25) is 4.98 Å². The van der Waals surface area contributed by atoms with Crippen molar-refractivity contribution >= 4 is 12.7 Å². The summed E-state index contributed by atoms with van der Waals surface area (Å²) in [6.07, 6.45) is 0. The molecule has 1 aliphatic heterocycles. The molecule has 2 rings (SSSR count). The summed E-state index contributed by atoms with van der Waals surface area (Å²) in [5.41, 5.74) is 0.261. The van der Waals surface area contributed by atoms with E-state index in [-0.39, 0.29) is 6.61 Å². The molecule has 0 unspecified atom stereocenters. The number of aliphatic hydroxyl groups excluding tert-OH is 1.